The van der Waals surface area contributed by atoms with Gasteiger partial charge in [-0.1, -0.05) is 13.8 Å². The van der Waals surface area contributed by atoms with Crippen LogP contribution >= 0.6 is 0 Å². The molecule has 0 saturated heterocycles. The summed E-state index contributed by atoms with van der Waals surface area (Å²) in [6, 6.07) is 0. The molecule has 0 amide bonds. The zero-order valence-corrected chi connectivity index (χ0v) is 7.44. The molecule has 0 bridgehead atoms. The molecule has 0 spiro atoms. The van der Waals surface area contributed by atoms with Crippen LogP contribution in [0.2, 0.25) is 0 Å². The lowest BCUT2D eigenvalue weighted by Crippen LogP contribution is -2.06. The van der Waals surface area contributed by atoms with E-state index < -0.39 is 10.1 Å². The van der Waals surface area contributed by atoms with Gasteiger partial charge in [0.15, 0.2) is 0 Å². The Labute approximate surface area is 62.0 Å². The van der Waals surface area contributed by atoms with Gasteiger partial charge in [0.25, 0.3) is 0 Å². The predicted molar refractivity (Wildman–Crippen MR) is 40.0 cm³/mol. The lowest BCUT2D eigenvalue weighted by atomic mass is 10.2. The summed E-state index contributed by atoms with van der Waals surface area (Å²) in [7, 11) is -3.97. The van der Waals surface area contributed by atoms with E-state index in [2.05, 4.69) is 0 Å². The van der Waals surface area contributed by atoms with Gasteiger partial charge in [0.1, 0.15) is 0 Å². The van der Waals surface area contributed by atoms with Crippen molar-refractivity contribution in [2.75, 3.05) is 5.75 Å². The van der Waals surface area contributed by atoms with Crippen LogP contribution in [0.4, 0.5) is 0 Å². The molecule has 0 aliphatic carbocycles. The fraction of sp³-hybridized carbons (Fsp3) is 1.00. The van der Waals surface area contributed by atoms with Gasteiger partial charge in [0.2, 0.25) is 0 Å². The second kappa shape index (κ2) is 4.65. The fourth-order valence-corrected chi connectivity index (χ4v) is 1.14. The van der Waals surface area contributed by atoms with Gasteiger partial charge >= 0.3 is 0 Å². The van der Waals surface area contributed by atoms with E-state index in [-0.39, 0.29) is 17.8 Å². The number of quaternary nitrogens is 1. The van der Waals surface area contributed by atoms with Crippen molar-refractivity contribution in [1.29, 1.82) is 0 Å². The first-order valence-electron chi connectivity index (χ1n) is 2.85. The molecule has 64 valence electrons. The van der Waals surface area contributed by atoms with E-state index in [9.17, 15) is 13.0 Å². The van der Waals surface area contributed by atoms with Crippen LogP contribution in [0.1, 0.15) is 20.3 Å². The molecule has 0 aliphatic heterocycles. The molecule has 0 saturated carbocycles. The van der Waals surface area contributed by atoms with Gasteiger partial charge in [-0.2, -0.15) is 0 Å². The van der Waals surface area contributed by atoms with E-state index in [0.29, 0.717) is 6.42 Å². The van der Waals surface area contributed by atoms with E-state index in [1.54, 1.807) is 0 Å². The molecular formula is C5H15NO3S. The third-order valence-corrected chi connectivity index (χ3v) is 1.68. The van der Waals surface area contributed by atoms with Crippen LogP contribution in [-0.2, 0) is 10.1 Å². The van der Waals surface area contributed by atoms with E-state index in [0.717, 1.165) is 0 Å². The standard InChI is InChI=1S/C5H12O3S.H3N/c1-5(2)3-4-9(6,7)8;/h5H,3-4H2,1-2H3,(H,6,7,8);1H3. The van der Waals surface area contributed by atoms with Gasteiger partial charge in [0.05, 0.1) is 10.1 Å². The Morgan fingerprint density at radius 1 is 1.40 bits per heavy atom. The molecule has 0 aromatic rings. The second-order valence-corrected chi connectivity index (χ2v) is 3.97. The predicted octanol–water partition coefficient (Wildman–Crippen LogP) is 0.954. The molecule has 0 radical (unpaired) electrons. The highest BCUT2D eigenvalue weighted by molar-refractivity contribution is 7.85. The minimum absolute atomic E-state index is 0. The average molecular weight is 169 g/mol. The summed E-state index contributed by atoms with van der Waals surface area (Å²) in [5.41, 5.74) is 0. The quantitative estimate of drug-likeness (QED) is 0.637. The summed E-state index contributed by atoms with van der Waals surface area (Å²) in [4.78, 5) is 0. The SMILES string of the molecule is CC(C)CCS(=O)(=O)[O-].[NH4+]. The molecule has 0 aromatic carbocycles. The smallest absolute Gasteiger partial charge is 0.0946 e. The van der Waals surface area contributed by atoms with E-state index in [1.807, 2.05) is 13.8 Å². The van der Waals surface area contributed by atoms with Gasteiger partial charge in [-0.3, -0.25) is 0 Å². The molecule has 0 unspecified atom stereocenters. The van der Waals surface area contributed by atoms with Crippen LogP contribution in [0, 0.1) is 5.92 Å². The molecule has 0 fully saturated rings. The van der Waals surface area contributed by atoms with Crippen LogP contribution in [0.5, 0.6) is 0 Å². The highest BCUT2D eigenvalue weighted by Crippen LogP contribution is 2.00. The Morgan fingerprint density at radius 3 is 1.90 bits per heavy atom. The maximum atomic E-state index is 9.98. The minimum atomic E-state index is -3.97. The topological polar surface area (TPSA) is 93.7 Å². The van der Waals surface area contributed by atoms with Crippen molar-refractivity contribution in [3.05, 3.63) is 0 Å². The van der Waals surface area contributed by atoms with Crippen molar-refractivity contribution < 1.29 is 13.0 Å². The minimum Gasteiger partial charge on any atom is -0.748 e. The largest absolute Gasteiger partial charge is 0.748 e. The monoisotopic (exact) mass is 169 g/mol. The van der Waals surface area contributed by atoms with Crippen molar-refractivity contribution in [3.63, 3.8) is 0 Å². The van der Waals surface area contributed by atoms with Gasteiger partial charge in [-0.05, 0) is 12.3 Å². The maximum Gasteiger partial charge on any atom is 0.0946 e. The Morgan fingerprint density at radius 2 is 1.80 bits per heavy atom. The molecule has 0 aromatic heterocycles. The third kappa shape index (κ3) is 10.8. The normalized spacial score (nSPS) is 11.2. The van der Waals surface area contributed by atoms with Gasteiger partial charge in [-0.15, -0.1) is 0 Å². The second-order valence-electron chi connectivity index (χ2n) is 2.44. The Kier molecular flexibility index (Phi) is 5.83. The lowest BCUT2D eigenvalue weighted by Gasteiger charge is -2.07. The Bertz CT molecular complexity index is 162. The van der Waals surface area contributed by atoms with Crippen molar-refractivity contribution in [3.8, 4) is 0 Å². The van der Waals surface area contributed by atoms with Crippen LogP contribution in [0.3, 0.4) is 0 Å². The molecule has 4 N–H and O–H groups in total. The van der Waals surface area contributed by atoms with Crippen molar-refractivity contribution in [2.24, 2.45) is 5.92 Å². The van der Waals surface area contributed by atoms with Crippen LogP contribution in [0.15, 0.2) is 0 Å². The molecule has 10 heavy (non-hydrogen) atoms. The summed E-state index contributed by atoms with van der Waals surface area (Å²) >= 11 is 0. The van der Waals surface area contributed by atoms with Crippen molar-refractivity contribution in [1.82, 2.24) is 6.15 Å². The average Bonchev–Trinajstić information content (AvgIpc) is 1.59. The van der Waals surface area contributed by atoms with E-state index in [1.165, 1.54) is 0 Å². The van der Waals surface area contributed by atoms with Crippen LogP contribution < -0.4 is 6.15 Å². The molecule has 5 heteroatoms. The van der Waals surface area contributed by atoms with Crippen molar-refractivity contribution in [2.45, 2.75) is 20.3 Å². The summed E-state index contributed by atoms with van der Waals surface area (Å²) < 4.78 is 29.9. The first-order valence-corrected chi connectivity index (χ1v) is 4.43. The number of rotatable bonds is 3. The van der Waals surface area contributed by atoms with Crippen LogP contribution in [-0.4, -0.2) is 18.7 Å². The number of hydrogen-bond acceptors (Lipinski definition) is 3. The highest BCUT2D eigenvalue weighted by atomic mass is 32.2. The Balaban J connectivity index is 0. The number of hydrogen-bond donors (Lipinski definition) is 1. The third-order valence-electron chi connectivity index (χ3n) is 0.945. The molecule has 0 atom stereocenters. The zero-order valence-electron chi connectivity index (χ0n) is 6.62. The summed E-state index contributed by atoms with van der Waals surface area (Å²) in [6.07, 6.45) is 0.464. The van der Waals surface area contributed by atoms with Gasteiger partial charge in [0, 0.05) is 5.75 Å². The van der Waals surface area contributed by atoms with Crippen LogP contribution in [0.25, 0.3) is 0 Å². The van der Waals surface area contributed by atoms with Gasteiger partial charge < -0.3 is 10.7 Å². The first kappa shape index (κ1) is 12.5. The van der Waals surface area contributed by atoms with E-state index in [4.69, 9.17) is 0 Å². The molecule has 0 aliphatic rings. The summed E-state index contributed by atoms with van der Waals surface area (Å²) in [5, 5.41) is 0. The summed E-state index contributed by atoms with van der Waals surface area (Å²) in [5.74, 6) is 0.0544. The molecular weight excluding hydrogens is 154 g/mol. The van der Waals surface area contributed by atoms with Gasteiger partial charge in [-0.25, -0.2) is 8.42 Å². The molecule has 0 rings (SSSR count). The first-order chi connectivity index (χ1) is 3.92. The van der Waals surface area contributed by atoms with E-state index >= 15 is 0 Å². The lowest BCUT2D eigenvalue weighted by molar-refractivity contribution is 0.455. The summed E-state index contributed by atoms with van der Waals surface area (Å²) in [6.45, 7) is 3.76. The molecule has 0 heterocycles. The fourth-order valence-electron chi connectivity index (χ4n) is 0.380. The maximum absolute atomic E-state index is 9.98. The zero-order chi connectivity index (χ0) is 7.49. The molecule has 4 nitrogen and oxygen atoms in total. The highest BCUT2D eigenvalue weighted by Gasteiger charge is 1.97. The van der Waals surface area contributed by atoms with Crippen molar-refractivity contribution >= 4 is 10.1 Å². The Hall–Kier alpha value is -0.130.